The minimum atomic E-state index is -0.640. The van der Waals surface area contributed by atoms with Crippen LogP contribution in [0.4, 0.5) is 10.1 Å². The summed E-state index contributed by atoms with van der Waals surface area (Å²) in [6.07, 6.45) is 0. The summed E-state index contributed by atoms with van der Waals surface area (Å²) < 4.78 is 18.8. The third-order valence-corrected chi connectivity index (χ3v) is 2.91. The lowest BCUT2D eigenvalue weighted by Crippen LogP contribution is -2.12. The Bertz CT molecular complexity index is 612. The summed E-state index contributed by atoms with van der Waals surface area (Å²) in [7, 11) is 1.60. The van der Waals surface area contributed by atoms with E-state index in [1.807, 2.05) is 24.3 Å². The van der Waals surface area contributed by atoms with E-state index in [4.69, 9.17) is 10.5 Å². The van der Waals surface area contributed by atoms with Crippen LogP contribution in [0.1, 0.15) is 15.9 Å². The molecule has 0 saturated carbocycles. The van der Waals surface area contributed by atoms with E-state index in [0.717, 1.165) is 17.5 Å². The SMILES string of the molecule is COc1ccc(NCc2ccc(C(N)=O)cc2F)cc1. The Balaban J connectivity index is 2.04. The first-order valence-electron chi connectivity index (χ1n) is 6.06. The molecule has 4 nitrogen and oxygen atoms in total. The van der Waals surface area contributed by atoms with Gasteiger partial charge in [-0.15, -0.1) is 0 Å². The van der Waals surface area contributed by atoms with Gasteiger partial charge in [-0.25, -0.2) is 4.39 Å². The monoisotopic (exact) mass is 274 g/mol. The van der Waals surface area contributed by atoms with Crippen LogP contribution in [0.25, 0.3) is 0 Å². The van der Waals surface area contributed by atoms with Crippen molar-refractivity contribution in [3.63, 3.8) is 0 Å². The van der Waals surface area contributed by atoms with E-state index < -0.39 is 11.7 Å². The third-order valence-electron chi connectivity index (χ3n) is 2.91. The van der Waals surface area contributed by atoms with Crippen LogP contribution in [-0.4, -0.2) is 13.0 Å². The lowest BCUT2D eigenvalue weighted by atomic mass is 10.1. The van der Waals surface area contributed by atoms with Crippen LogP contribution >= 0.6 is 0 Å². The molecule has 2 aromatic rings. The van der Waals surface area contributed by atoms with Crippen LogP contribution in [0.15, 0.2) is 42.5 Å². The average molecular weight is 274 g/mol. The Labute approximate surface area is 116 Å². The molecule has 1 amide bonds. The van der Waals surface area contributed by atoms with E-state index in [2.05, 4.69) is 5.32 Å². The average Bonchev–Trinajstić information content (AvgIpc) is 2.46. The number of hydrogen-bond donors (Lipinski definition) is 2. The molecule has 0 spiro atoms. The predicted molar refractivity (Wildman–Crippen MR) is 75.2 cm³/mol. The second-order valence-corrected chi connectivity index (χ2v) is 4.25. The van der Waals surface area contributed by atoms with Crippen LogP contribution in [0.2, 0.25) is 0 Å². The van der Waals surface area contributed by atoms with Crippen LogP contribution in [-0.2, 0) is 6.54 Å². The zero-order chi connectivity index (χ0) is 14.5. The second-order valence-electron chi connectivity index (χ2n) is 4.25. The summed E-state index contributed by atoms with van der Waals surface area (Å²) in [6.45, 7) is 0.317. The molecule has 5 heteroatoms. The lowest BCUT2D eigenvalue weighted by Gasteiger charge is -2.09. The Hall–Kier alpha value is -2.56. The van der Waals surface area contributed by atoms with Crippen molar-refractivity contribution < 1.29 is 13.9 Å². The number of nitrogens with two attached hydrogens (primary N) is 1. The van der Waals surface area contributed by atoms with Gasteiger partial charge in [0.25, 0.3) is 0 Å². The molecule has 0 atom stereocenters. The van der Waals surface area contributed by atoms with Gasteiger partial charge in [0.1, 0.15) is 11.6 Å². The van der Waals surface area contributed by atoms with Crippen molar-refractivity contribution in [3.05, 3.63) is 59.4 Å². The summed E-state index contributed by atoms with van der Waals surface area (Å²) in [5, 5.41) is 3.09. The molecule has 0 aliphatic heterocycles. The van der Waals surface area contributed by atoms with Gasteiger partial charge in [-0.3, -0.25) is 4.79 Å². The van der Waals surface area contributed by atoms with Crippen LogP contribution in [0.5, 0.6) is 5.75 Å². The Morgan fingerprint density at radius 3 is 2.50 bits per heavy atom. The number of anilines is 1. The van der Waals surface area contributed by atoms with Gasteiger partial charge in [0.05, 0.1) is 7.11 Å². The van der Waals surface area contributed by atoms with E-state index in [-0.39, 0.29) is 5.56 Å². The van der Waals surface area contributed by atoms with Crippen molar-refractivity contribution in [3.8, 4) is 5.75 Å². The van der Waals surface area contributed by atoms with E-state index in [0.29, 0.717) is 12.1 Å². The summed E-state index contributed by atoms with van der Waals surface area (Å²) in [5.74, 6) is -0.339. The molecular formula is C15H15FN2O2. The Morgan fingerprint density at radius 2 is 1.95 bits per heavy atom. The molecule has 0 aromatic heterocycles. The van der Waals surface area contributed by atoms with Crippen molar-refractivity contribution in [2.45, 2.75) is 6.54 Å². The third kappa shape index (κ3) is 3.26. The fraction of sp³-hybridized carbons (Fsp3) is 0.133. The van der Waals surface area contributed by atoms with Gasteiger partial charge in [-0.2, -0.15) is 0 Å². The standard InChI is InChI=1S/C15H15FN2O2/c1-20-13-6-4-12(5-7-13)18-9-11-3-2-10(15(17)19)8-14(11)16/h2-8,18H,9H2,1H3,(H2,17,19). The lowest BCUT2D eigenvalue weighted by molar-refractivity contribution is 0.1000. The van der Waals surface area contributed by atoms with Crippen molar-refractivity contribution >= 4 is 11.6 Å². The van der Waals surface area contributed by atoms with Gasteiger partial charge in [0.15, 0.2) is 0 Å². The number of methoxy groups -OCH3 is 1. The van der Waals surface area contributed by atoms with E-state index in [9.17, 15) is 9.18 Å². The van der Waals surface area contributed by atoms with E-state index >= 15 is 0 Å². The minimum Gasteiger partial charge on any atom is -0.497 e. The smallest absolute Gasteiger partial charge is 0.248 e. The van der Waals surface area contributed by atoms with Crippen molar-refractivity contribution in [2.24, 2.45) is 5.73 Å². The molecule has 20 heavy (non-hydrogen) atoms. The molecule has 3 N–H and O–H groups in total. The fourth-order valence-electron chi connectivity index (χ4n) is 1.75. The first-order chi connectivity index (χ1) is 9.60. The molecule has 2 aromatic carbocycles. The van der Waals surface area contributed by atoms with Gasteiger partial charge >= 0.3 is 0 Å². The second kappa shape index (κ2) is 6.06. The van der Waals surface area contributed by atoms with Crippen molar-refractivity contribution in [1.82, 2.24) is 0 Å². The highest BCUT2D eigenvalue weighted by molar-refractivity contribution is 5.92. The minimum absolute atomic E-state index is 0.163. The number of ether oxygens (including phenoxy) is 1. The highest BCUT2D eigenvalue weighted by atomic mass is 19.1. The molecule has 0 fully saturated rings. The molecule has 0 saturated heterocycles. The molecule has 0 radical (unpaired) electrons. The molecule has 0 bridgehead atoms. The molecule has 0 heterocycles. The van der Waals surface area contributed by atoms with Crippen LogP contribution < -0.4 is 15.8 Å². The number of primary amides is 1. The van der Waals surface area contributed by atoms with Gasteiger partial charge in [0.2, 0.25) is 5.91 Å². The summed E-state index contributed by atoms with van der Waals surface area (Å²) in [6, 6.07) is 11.5. The highest BCUT2D eigenvalue weighted by Gasteiger charge is 2.06. The number of hydrogen-bond acceptors (Lipinski definition) is 3. The molecule has 0 aliphatic carbocycles. The van der Waals surface area contributed by atoms with E-state index in [1.165, 1.54) is 6.07 Å². The highest BCUT2D eigenvalue weighted by Crippen LogP contribution is 2.17. The quantitative estimate of drug-likeness (QED) is 0.880. The predicted octanol–water partition coefficient (Wildman–Crippen LogP) is 2.55. The molecule has 104 valence electrons. The first-order valence-corrected chi connectivity index (χ1v) is 6.06. The van der Waals surface area contributed by atoms with Gasteiger partial charge in [-0.05, 0) is 36.4 Å². The maximum absolute atomic E-state index is 13.8. The summed E-state index contributed by atoms with van der Waals surface area (Å²) >= 11 is 0. The summed E-state index contributed by atoms with van der Waals surface area (Å²) in [4.78, 5) is 10.9. The largest absolute Gasteiger partial charge is 0.497 e. The van der Waals surface area contributed by atoms with Crippen molar-refractivity contribution in [1.29, 1.82) is 0 Å². The van der Waals surface area contributed by atoms with E-state index in [1.54, 1.807) is 13.2 Å². The van der Waals surface area contributed by atoms with Crippen molar-refractivity contribution in [2.75, 3.05) is 12.4 Å². The topological polar surface area (TPSA) is 64.3 Å². The zero-order valence-electron chi connectivity index (χ0n) is 11.0. The molecular weight excluding hydrogens is 259 g/mol. The number of halogens is 1. The van der Waals surface area contributed by atoms with Crippen LogP contribution in [0, 0.1) is 5.82 Å². The number of benzene rings is 2. The molecule has 2 rings (SSSR count). The Kier molecular flexibility index (Phi) is 4.20. The van der Waals surface area contributed by atoms with Gasteiger partial charge in [0, 0.05) is 23.4 Å². The summed E-state index contributed by atoms with van der Waals surface area (Å²) in [5.41, 5.74) is 6.57. The van der Waals surface area contributed by atoms with Gasteiger partial charge in [-0.1, -0.05) is 6.07 Å². The normalized spacial score (nSPS) is 10.1. The number of rotatable bonds is 5. The maximum atomic E-state index is 13.8. The molecule has 0 aliphatic rings. The number of carbonyl (C=O) groups excluding carboxylic acids is 1. The number of amides is 1. The zero-order valence-corrected chi connectivity index (χ0v) is 11.0. The maximum Gasteiger partial charge on any atom is 0.248 e. The van der Waals surface area contributed by atoms with Crippen LogP contribution in [0.3, 0.4) is 0 Å². The van der Waals surface area contributed by atoms with Gasteiger partial charge < -0.3 is 15.8 Å². The Morgan fingerprint density at radius 1 is 1.25 bits per heavy atom. The molecule has 0 unspecified atom stereocenters. The number of carbonyl (C=O) groups is 1. The first kappa shape index (κ1) is 13.9. The number of nitrogens with one attached hydrogen (secondary N) is 1. The fourth-order valence-corrected chi connectivity index (χ4v) is 1.75.